The molecule has 2 fully saturated rings. The first-order chi connectivity index (χ1) is 12.4. The highest BCUT2D eigenvalue weighted by Gasteiger charge is 2.35. The summed E-state index contributed by atoms with van der Waals surface area (Å²) in [4.78, 5) is 46.2. The number of likely N-dealkylation sites (tertiary alicyclic amines) is 1. The number of hydrogen-bond acceptors (Lipinski definition) is 5. The molecule has 0 aromatic carbocycles. The monoisotopic (exact) mass is 362 g/mol. The first-order valence-corrected chi connectivity index (χ1v) is 8.93. The number of piperidine rings is 1. The summed E-state index contributed by atoms with van der Waals surface area (Å²) in [6.07, 6.45) is 5.58. The second-order valence-corrected chi connectivity index (χ2v) is 7.08. The molecule has 2 atom stereocenters. The van der Waals surface area contributed by atoms with Crippen LogP contribution in [0.4, 0.5) is 10.6 Å². The number of aryl methyl sites for hydroxylation is 1. The van der Waals surface area contributed by atoms with Gasteiger partial charge in [0, 0.05) is 59.2 Å². The first-order valence-electron chi connectivity index (χ1n) is 8.93. The zero-order valence-corrected chi connectivity index (χ0v) is 15.5. The lowest BCUT2D eigenvalue weighted by Gasteiger charge is -2.35. The van der Waals surface area contributed by atoms with Gasteiger partial charge in [0.25, 0.3) is 5.56 Å². The van der Waals surface area contributed by atoms with E-state index in [1.54, 1.807) is 38.4 Å². The predicted molar refractivity (Wildman–Crippen MR) is 97.0 cm³/mol. The van der Waals surface area contributed by atoms with Crippen LogP contribution in [0, 0.1) is 0 Å². The number of hydrogen-bond donors (Lipinski definition) is 1. The Balaban J connectivity index is 1.63. The van der Waals surface area contributed by atoms with Crippen molar-refractivity contribution in [3.63, 3.8) is 0 Å². The van der Waals surface area contributed by atoms with Crippen LogP contribution in [0.15, 0.2) is 17.2 Å². The number of anilines is 1. The number of likely N-dealkylation sites (N-methyl/N-ethyl adjacent to an activating group) is 2. The molecule has 3 rings (SSSR count). The number of carbonyl (C=O) groups is 2. The Labute approximate surface area is 152 Å². The van der Waals surface area contributed by atoms with Crippen molar-refractivity contribution in [1.29, 1.82) is 0 Å². The fourth-order valence-electron chi connectivity index (χ4n) is 3.57. The van der Waals surface area contributed by atoms with Gasteiger partial charge in [-0.1, -0.05) is 0 Å². The minimum absolute atomic E-state index is 0.0232. The molecule has 9 nitrogen and oxygen atoms in total. The summed E-state index contributed by atoms with van der Waals surface area (Å²) in [7, 11) is 5.11. The van der Waals surface area contributed by atoms with Gasteiger partial charge in [0.15, 0.2) is 5.82 Å². The molecule has 0 aliphatic carbocycles. The lowest BCUT2D eigenvalue weighted by Crippen LogP contribution is -2.54. The average molecular weight is 362 g/mol. The number of rotatable bonds is 3. The van der Waals surface area contributed by atoms with Crippen molar-refractivity contribution in [2.75, 3.05) is 38.6 Å². The Morgan fingerprint density at radius 3 is 2.73 bits per heavy atom. The maximum atomic E-state index is 12.6. The van der Waals surface area contributed by atoms with Gasteiger partial charge in [0.1, 0.15) is 6.04 Å². The van der Waals surface area contributed by atoms with Gasteiger partial charge >= 0.3 is 6.03 Å². The fourth-order valence-corrected chi connectivity index (χ4v) is 3.57. The van der Waals surface area contributed by atoms with Crippen molar-refractivity contribution in [2.24, 2.45) is 7.05 Å². The maximum absolute atomic E-state index is 12.6. The summed E-state index contributed by atoms with van der Waals surface area (Å²) in [5.41, 5.74) is -0.142. The van der Waals surface area contributed by atoms with Crippen LogP contribution in [0.5, 0.6) is 0 Å². The highest BCUT2D eigenvalue weighted by Crippen LogP contribution is 2.17. The SMILES string of the molecule is CN1CCC(N(C)C(=O)NC2CCCN(c3nccn(C)c3=O)C2)C1=O. The van der Waals surface area contributed by atoms with E-state index in [4.69, 9.17) is 0 Å². The third kappa shape index (κ3) is 3.51. The van der Waals surface area contributed by atoms with Crippen LogP contribution in [0.3, 0.4) is 0 Å². The minimum Gasteiger partial charge on any atom is -0.350 e. The fraction of sp³-hybridized carbons (Fsp3) is 0.647. The predicted octanol–water partition coefficient (Wildman–Crippen LogP) is -0.379. The average Bonchev–Trinajstić information content (AvgIpc) is 2.96. The standard InChI is InChI=1S/C17H26N6O3/c1-20-9-6-13(15(20)24)22(3)17(26)19-12-5-4-8-23(11-12)14-16(25)21(2)10-7-18-14/h7,10,12-13H,4-6,8-9,11H2,1-3H3,(H,19,26). The molecular weight excluding hydrogens is 336 g/mol. The Morgan fingerprint density at radius 2 is 2.04 bits per heavy atom. The van der Waals surface area contributed by atoms with Crippen molar-refractivity contribution in [1.82, 2.24) is 24.7 Å². The summed E-state index contributed by atoms with van der Waals surface area (Å²) in [6.45, 7) is 1.94. The Hall–Kier alpha value is -2.58. The van der Waals surface area contributed by atoms with Crippen LogP contribution in [-0.2, 0) is 11.8 Å². The molecule has 0 bridgehead atoms. The van der Waals surface area contributed by atoms with Crippen LogP contribution in [0.25, 0.3) is 0 Å². The van der Waals surface area contributed by atoms with Gasteiger partial charge in [-0.15, -0.1) is 0 Å². The lowest BCUT2D eigenvalue weighted by molar-refractivity contribution is -0.129. The van der Waals surface area contributed by atoms with E-state index in [0.29, 0.717) is 25.3 Å². The molecule has 0 spiro atoms. The quantitative estimate of drug-likeness (QED) is 0.792. The molecule has 2 saturated heterocycles. The summed E-state index contributed by atoms with van der Waals surface area (Å²) >= 11 is 0. The van der Waals surface area contributed by atoms with Crippen LogP contribution in [0.1, 0.15) is 19.3 Å². The zero-order valence-electron chi connectivity index (χ0n) is 15.5. The molecule has 0 radical (unpaired) electrons. The van der Waals surface area contributed by atoms with Crippen molar-refractivity contribution in [2.45, 2.75) is 31.3 Å². The normalized spacial score (nSPS) is 23.3. The van der Waals surface area contributed by atoms with E-state index in [9.17, 15) is 14.4 Å². The third-order valence-electron chi connectivity index (χ3n) is 5.23. The maximum Gasteiger partial charge on any atom is 0.318 e. The summed E-state index contributed by atoms with van der Waals surface area (Å²) in [5.74, 6) is 0.389. The van der Waals surface area contributed by atoms with Crippen LogP contribution in [-0.4, -0.2) is 77.1 Å². The molecule has 2 unspecified atom stereocenters. The van der Waals surface area contributed by atoms with Crippen LogP contribution < -0.4 is 15.8 Å². The number of nitrogens with one attached hydrogen (secondary N) is 1. The molecular formula is C17H26N6O3. The molecule has 9 heteroatoms. The number of carbonyl (C=O) groups excluding carboxylic acids is 2. The minimum atomic E-state index is -0.400. The highest BCUT2D eigenvalue weighted by atomic mass is 16.2. The number of urea groups is 1. The zero-order chi connectivity index (χ0) is 18.8. The van der Waals surface area contributed by atoms with Gasteiger partial charge in [0.05, 0.1) is 0 Å². The van der Waals surface area contributed by atoms with Crippen molar-refractivity contribution in [3.8, 4) is 0 Å². The van der Waals surface area contributed by atoms with E-state index < -0.39 is 6.04 Å². The third-order valence-corrected chi connectivity index (χ3v) is 5.23. The molecule has 142 valence electrons. The summed E-state index contributed by atoms with van der Waals surface area (Å²) in [5, 5.41) is 3.00. The van der Waals surface area contributed by atoms with Gasteiger partial charge in [-0.05, 0) is 19.3 Å². The molecule has 0 saturated carbocycles. The largest absolute Gasteiger partial charge is 0.350 e. The van der Waals surface area contributed by atoms with Gasteiger partial charge in [-0.2, -0.15) is 0 Å². The lowest BCUT2D eigenvalue weighted by atomic mass is 10.1. The van der Waals surface area contributed by atoms with Crippen LogP contribution >= 0.6 is 0 Å². The number of aromatic nitrogens is 2. The van der Waals surface area contributed by atoms with E-state index in [-0.39, 0.29) is 23.5 Å². The molecule has 1 N–H and O–H groups in total. The summed E-state index contributed by atoms with van der Waals surface area (Å²) in [6, 6.07) is -0.734. The molecule has 3 amide bonds. The van der Waals surface area contributed by atoms with Crippen LogP contribution in [0.2, 0.25) is 0 Å². The molecule has 26 heavy (non-hydrogen) atoms. The van der Waals surface area contributed by atoms with E-state index in [2.05, 4.69) is 10.3 Å². The molecule has 1 aromatic rings. The van der Waals surface area contributed by atoms with E-state index >= 15 is 0 Å². The van der Waals surface area contributed by atoms with Gasteiger partial charge in [0.2, 0.25) is 5.91 Å². The van der Waals surface area contributed by atoms with E-state index in [1.165, 1.54) is 9.47 Å². The van der Waals surface area contributed by atoms with Crippen molar-refractivity contribution >= 4 is 17.8 Å². The molecule has 2 aliphatic heterocycles. The Kier molecular flexibility index (Phi) is 5.15. The molecule has 1 aromatic heterocycles. The Bertz CT molecular complexity index is 748. The second-order valence-electron chi connectivity index (χ2n) is 7.08. The highest BCUT2D eigenvalue weighted by molar-refractivity contribution is 5.88. The van der Waals surface area contributed by atoms with E-state index in [1.807, 2.05) is 4.90 Å². The van der Waals surface area contributed by atoms with Crippen molar-refractivity contribution < 1.29 is 9.59 Å². The number of amides is 3. The van der Waals surface area contributed by atoms with E-state index in [0.717, 1.165) is 19.4 Å². The smallest absolute Gasteiger partial charge is 0.318 e. The van der Waals surface area contributed by atoms with Crippen molar-refractivity contribution in [3.05, 3.63) is 22.7 Å². The van der Waals surface area contributed by atoms with Gasteiger partial charge in [-0.25, -0.2) is 9.78 Å². The molecule has 3 heterocycles. The topological polar surface area (TPSA) is 90.8 Å². The summed E-state index contributed by atoms with van der Waals surface area (Å²) < 4.78 is 1.50. The molecule has 2 aliphatic rings. The first kappa shape index (κ1) is 18.2. The Morgan fingerprint density at radius 1 is 1.27 bits per heavy atom. The van der Waals surface area contributed by atoms with Gasteiger partial charge in [-0.3, -0.25) is 9.59 Å². The second kappa shape index (κ2) is 7.35. The number of nitrogens with zero attached hydrogens (tertiary/aromatic N) is 5. The van der Waals surface area contributed by atoms with Gasteiger partial charge < -0.3 is 24.6 Å².